The van der Waals surface area contributed by atoms with Gasteiger partial charge in [-0.1, -0.05) is 18.2 Å². The fourth-order valence-electron chi connectivity index (χ4n) is 1.34. The number of aromatic nitrogens is 3. The minimum Gasteiger partial charge on any atom is -0.384 e. The van der Waals surface area contributed by atoms with Crippen molar-refractivity contribution in [3.8, 4) is 0 Å². The van der Waals surface area contributed by atoms with E-state index in [1.54, 1.807) is 0 Å². The van der Waals surface area contributed by atoms with E-state index in [2.05, 4.69) is 15.2 Å². The van der Waals surface area contributed by atoms with Gasteiger partial charge in [-0.2, -0.15) is 5.10 Å². The molecule has 82 valence electrons. The van der Waals surface area contributed by atoms with Gasteiger partial charge in [0, 0.05) is 10.5 Å². The van der Waals surface area contributed by atoms with Crippen LogP contribution in [0, 0.1) is 12.3 Å². The first-order chi connectivity index (χ1) is 7.68. The van der Waals surface area contributed by atoms with Crippen molar-refractivity contribution < 1.29 is 0 Å². The van der Waals surface area contributed by atoms with Crippen LogP contribution in [-0.4, -0.2) is 21.0 Å². The van der Waals surface area contributed by atoms with Gasteiger partial charge in [0.1, 0.15) is 12.2 Å². The summed E-state index contributed by atoms with van der Waals surface area (Å²) < 4.78 is 0. The van der Waals surface area contributed by atoms with E-state index >= 15 is 0 Å². The summed E-state index contributed by atoms with van der Waals surface area (Å²) in [6.45, 7) is 1.98. The molecule has 0 saturated carbocycles. The van der Waals surface area contributed by atoms with Crippen LogP contribution in [-0.2, 0) is 0 Å². The predicted molar refractivity (Wildman–Crippen MR) is 62.7 cm³/mol. The van der Waals surface area contributed by atoms with Gasteiger partial charge in [0.2, 0.25) is 0 Å². The number of nitrogens with one attached hydrogen (secondary N) is 2. The molecule has 0 aliphatic heterocycles. The van der Waals surface area contributed by atoms with Gasteiger partial charge in [-0.05, 0) is 24.2 Å². The zero-order valence-corrected chi connectivity index (χ0v) is 9.51. The van der Waals surface area contributed by atoms with Crippen molar-refractivity contribution in [1.82, 2.24) is 15.2 Å². The summed E-state index contributed by atoms with van der Waals surface area (Å²) in [5.74, 6) is 0.0608. The van der Waals surface area contributed by atoms with E-state index in [0.717, 1.165) is 16.0 Å². The van der Waals surface area contributed by atoms with Gasteiger partial charge in [-0.25, -0.2) is 4.98 Å². The van der Waals surface area contributed by atoms with E-state index < -0.39 is 0 Å². The lowest BCUT2D eigenvalue weighted by molar-refractivity contribution is 0.972. The summed E-state index contributed by atoms with van der Waals surface area (Å²) >= 11 is 1.43. The monoisotopic (exact) mass is 233 g/mol. The molecule has 0 spiro atoms. The van der Waals surface area contributed by atoms with E-state index in [1.165, 1.54) is 18.1 Å². The molecule has 0 amide bonds. The maximum Gasteiger partial charge on any atom is 0.188 e. The Morgan fingerprint density at radius 3 is 2.94 bits per heavy atom. The minimum atomic E-state index is 0.0608. The van der Waals surface area contributed by atoms with Crippen LogP contribution in [0.2, 0.25) is 0 Å². The number of amidine groups is 1. The van der Waals surface area contributed by atoms with Crippen molar-refractivity contribution in [2.24, 2.45) is 5.73 Å². The van der Waals surface area contributed by atoms with Gasteiger partial charge in [-0.3, -0.25) is 10.5 Å². The number of hydrogen-bond donors (Lipinski definition) is 3. The van der Waals surface area contributed by atoms with Crippen LogP contribution < -0.4 is 5.73 Å². The lowest BCUT2D eigenvalue weighted by atomic mass is 10.1. The second-order valence-corrected chi connectivity index (χ2v) is 4.26. The number of aryl methyl sites for hydroxylation is 1. The first-order valence-corrected chi connectivity index (χ1v) is 5.47. The number of nitrogens with zero attached hydrogens (tertiary/aromatic N) is 2. The highest BCUT2D eigenvalue weighted by Crippen LogP contribution is 2.30. The molecule has 6 heteroatoms. The standard InChI is InChI=1S/C10H11N5S/c1-6-3-2-4-7(9(11)12)8(6)16-10-13-5-14-15-10/h2-5H,1H3,(H3,11,12)(H,13,14,15). The van der Waals surface area contributed by atoms with Crippen LogP contribution in [0.15, 0.2) is 34.6 Å². The highest BCUT2D eigenvalue weighted by molar-refractivity contribution is 7.99. The largest absolute Gasteiger partial charge is 0.384 e. The molecule has 1 aromatic carbocycles. The average molecular weight is 233 g/mol. The number of nitrogens with two attached hydrogens (primary N) is 1. The highest BCUT2D eigenvalue weighted by Gasteiger charge is 2.10. The molecule has 4 N–H and O–H groups in total. The summed E-state index contributed by atoms with van der Waals surface area (Å²) in [7, 11) is 0. The zero-order valence-electron chi connectivity index (χ0n) is 8.69. The molecule has 0 saturated heterocycles. The van der Waals surface area contributed by atoms with Crippen LogP contribution in [0.4, 0.5) is 0 Å². The first-order valence-electron chi connectivity index (χ1n) is 4.65. The van der Waals surface area contributed by atoms with Crippen molar-refractivity contribution in [2.75, 3.05) is 0 Å². The predicted octanol–water partition coefficient (Wildman–Crippen LogP) is 1.55. The molecule has 0 fully saturated rings. The van der Waals surface area contributed by atoms with Crippen LogP contribution in [0.5, 0.6) is 0 Å². The van der Waals surface area contributed by atoms with Crippen molar-refractivity contribution in [3.05, 3.63) is 35.7 Å². The second-order valence-electron chi connectivity index (χ2n) is 3.26. The van der Waals surface area contributed by atoms with E-state index in [1.807, 2.05) is 25.1 Å². The number of H-pyrrole nitrogens is 1. The van der Waals surface area contributed by atoms with E-state index in [-0.39, 0.29) is 5.84 Å². The Bertz CT molecular complexity index is 506. The minimum absolute atomic E-state index is 0.0608. The summed E-state index contributed by atoms with van der Waals surface area (Å²) in [5.41, 5.74) is 7.32. The molecule has 1 heterocycles. The topological polar surface area (TPSA) is 91.4 Å². The Morgan fingerprint density at radius 1 is 1.50 bits per heavy atom. The van der Waals surface area contributed by atoms with Crippen LogP contribution >= 0.6 is 11.8 Å². The third kappa shape index (κ3) is 2.06. The smallest absolute Gasteiger partial charge is 0.188 e. The van der Waals surface area contributed by atoms with Gasteiger partial charge in [0.15, 0.2) is 5.16 Å². The average Bonchev–Trinajstić information content (AvgIpc) is 2.73. The number of hydrogen-bond acceptors (Lipinski definition) is 4. The van der Waals surface area contributed by atoms with Crippen LogP contribution in [0.25, 0.3) is 0 Å². The molecular formula is C10H11N5S. The molecule has 5 nitrogen and oxygen atoms in total. The molecule has 0 radical (unpaired) electrons. The van der Waals surface area contributed by atoms with E-state index in [0.29, 0.717) is 5.16 Å². The molecule has 2 aromatic rings. The van der Waals surface area contributed by atoms with E-state index in [4.69, 9.17) is 11.1 Å². The van der Waals surface area contributed by atoms with Gasteiger partial charge in [0.25, 0.3) is 0 Å². The Balaban J connectivity index is 2.42. The highest BCUT2D eigenvalue weighted by atomic mass is 32.2. The summed E-state index contributed by atoms with van der Waals surface area (Å²) in [6.07, 6.45) is 1.45. The third-order valence-electron chi connectivity index (χ3n) is 2.09. The SMILES string of the molecule is Cc1cccc(C(=N)N)c1Sc1ncn[nH]1. The number of rotatable bonds is 3. The van der Waals surface area contributed by atoms with Crippen molar-refractivity contribution in [2.45, 2.75) is 17.0 Å². The zero-order chi connectivity index (χ0) is 11.5. The fraction of sp³-hybridized carbons (Fsp3) is 0.100. The number of nitrogen functional groups attached to an aromatic ring is 1. The Hall–Kier alpha value is -1.82. The maximum absolute atomic E-state index is 7.52. The van der Waals surface area contributed by atoms with Crippen LogP contribution in [0.3, 0.4) is 0 Å². The molecular weight excluding hydrogens is 222 g/mol. The molecule has 0 aliphatic carbocycles. The lowest BCUT2D eigenvalue weighted by Crippen LogP contribution is -2.12. The Kier molecular flexibility index (Phi) is 2.91. The summed E-state index contributed by atoms with van der Waals surface area (Å²) in [4.78, 5) is 4.97. The normalized spacial score (nSPS) is 10.3. The van der Waals surface area contributed by atoms with Crippen molar-refractivity contribution in [3.63, 3.8) is 0 Å². The van der Waals surface area contributed by atoms with Crippen molar-refractivity contribution in [1.29, 1.82) is 5.41 Å². The summed E-state index contributed by atoms with van der Waals surface area (Å²) in [5, 5.41) is 14.8. The van der Waals surface area contributed by atoms with Crippen LogP contribution in [0.1, 0.15) is 11.1 Å². The molecule has 1 aromatic heterocycles. The maximum atomic E-state index is 7.52. The molecule has 0 aliphatic rings. The van der Waals surface area contributed by atoms with Gasteiger partial charge < -0.3 is 5.73 Å². The van der Waals surface area contributed by atoms with Gasteiger partial charge in [0.05, 0.1) is 0 Å². The summed E-state index contributed by atoms with van der Waals surface area (Å²) in [6, 6.07) is 5.69. The lowest BCUT2D eigenvalue weighted by Gasteiger charge is -2.08. The second kappa shape index (κ2) is 4.36. The van der Waals surface area contributed by atoms with Crippen molar-refractivity contribution >= 4 is 17.6 Å². The molecule has 2 rings (SSSR count). The van der Waals surface area contributed by atoms with Gasteiger partial charge in [-0.15, -0.1) is 0 Å². The molecule has 0 unspecified atom stereocenters. The third-order valence-corrected chi connectivity index (χ3v) is 3.23. The number of benzene rings is 1. The fourth-order valence-corrected chi connectivity index (χ4v) is 2.25. The molecule has 0 atom stereocenters. The molecule has 0 bridgehead atoms. The van der Waals surface area contributed by atoms with Gasteiger partial charge >= 0.3 is 0 Å². The quantitative estimate of drug-likeness (QED) is 0.554. The first kappa shape index (κ1) is 10.7. The van der Waals surface area contributed by atoms with E-state index in [9.17, 15) is 0 Å². The molecule has 16 heavy (non-hydrogen) atoms. The number of aromatic amines is 1. The Labute approximate surface area is 97.0 Å². The Morgan fingerprint density at radius 2 is 2.31 bits per heavy atom.